The Labute approximate surface area is 265 Å². The topological polar surface area (TPSA) is 186 Å². The molecule has 0 aliphatic rings. The van der Waals surface area contributed by atoms with Crippen LogP contribution in [0.4, 0.5) is 5.69 Å². The van der Waals surface area contributed by atoms with E-state index in [1.165, 1.54) is 14.0 Å². The average Bonchev–Trinajstić information content (AvgIpc) is 2.81. The standard InChI is InChI=1S/C23H27I3N2O11/c1-9(30)15-17(24)16(23(36)28(5)6-13(34)7-29)19(26)20(18(15)25)27-22(35)21(39-12(4)33)14(38-11(3)32)8-37-10(2)31/h13-14,21,29,34H,6-8H2,1-5H3,(H,27,35). The SMILES string of the molecule is CC(=O)OCC(OC(C)=O)C(OC(C)=O)C(=O)Nc1c(I)c(C(C)=O)c(I)c(C(=O)N(C)CC(O)CO)c1I. The number of nitrogens with zero attached hydrogens (tertiary/aromatic N) is 1. The first kappa shape index (κ1) is 35.4. The second kappa shape index (κ2) is 16.0. The summed E-state index contributed by atoms with van der Waals surface area (Å²) in [6.45, 7) is 3.07. The van der Waals surface area contributed by atoms with Gasteiger partial charge in [-0.2, -0.15) is 0 Å². The Balaban J connectivity index is 3.68. The number of aliphatic hydroxyl groups excluding tert-OH is 2. The molecule has 13 nitrogen and oxygen atoms in total. The molecule has 0 fully saturated rings. The number of hydrogen-bond acceptors (Lipinski definition) is 11. The van der Waals surface area contributed by atoms with Crippen LogP contribution >= 0.6 is 67.8 Å². The first-order valence-electron chi connectivity index (χ1n) is 11.1. The van der Waals surface area contributed by atoms with E-state index in [1.54, 1.807) is 0 Å². The molecule has 0 aromatic heterocycles. The minimum Gasteiger partial charge on any atom is -0.462 e. The van der Waals surface area contributed by atoms with Crippen LogP contribution in [0.15, 0.2) is 0 Å². The summed E-state index contributed by atoms with van der Waals surface area (Å²) in [4.78, 5) is 75.3. The first-order valence-corrected chi connectivity index (χ1v) is 14.3. The zero-order valence-electron chi connectivity index (χ0n) is 21.5. The Morgan fingerprint density at radius 1 is 0.872 bits per heavy atom. The van der Waals surface area contributed by atoms with Crippen molar-refractivity contribution in [2.75, 3.05) is 32.1 Å². The van der Waals surface area contributed by atoms with Gasteiger partial charge >= 0.3 is 17.9 Å². The number of esters is 3. The molecule has 2 amide bonds. The van der Waals surface area contributed by atoms with Gasteiger partial charge in [-0.05, 0) is 74.7 Å². The van der Waals surface area contributed by atoms with Crippen LogP contribution in [0.1, 0.15) is 48.4 Å². The molecule has 0 heterocycles. The maximum Gasteiger partial charge on any atom is 0.303 e. The Hall–Kier alpha value is -1.65. The van der Waals surface area contributed by atoms with Gasteiger partial charge in [0.1, 0.15) is 6.61 Å². The monoisotopic (exact) mass is 888 g/mol. The molecule has 16 heteroatoms. The van der Waals surface area contributed by atoms with Crippen molar-refractivity contribution in [2.24, 2.45) is 0 Å². The van der Waals surface area contributed by atoms with Gasteiger partial charge in [-0.1, -0.05) is 0 Å². The predicted octanol–water partition coefficient (Wildman–Crippen LogP) is 1.49. The van der Waals surface area contributed by atoms with Crippen LogP contribution in [0.25, 0.3) is 0 Å². The van der Waals surface area contributed by atoms with Gasteiger partial charge in [0, 0.05) is 47.1 Å². The van der Waals surface area contributed by atoms with E-state index < -0.39 is 67.0 Å². The molecule has 0 aliphatic carbocycles. The number of ketones is 1. The van der Waals surface area contributed by atoms with Crippen molar-refractivity contribution in [2.45, 2.75) is 46.0 Å². The largest absolute Gasteiger partial charge is 0.462 e. The number of benzene rings is 1. The lowest BCUT2D eigenvalue weighted by Gasteiger charge is -2.27. The molecule has 216 valence electrons. The average molecular weight is 888 g/mol. The number of ether oxygens (including phenoxy) is 3. The number of hydrogen-bond donors (Lipinski definition) is 3. The molecule has 0 spiro atoms. The summed E-state index contributed by atoms with van der Waals surface area (Å²) in [5.41, 5.74) is 0.217. The van der Waals surface area contributed by atoms with Crippen LogP contribution in [0.2, 0.25) is 0 Å². The summed E-state index contributed by atoms with van der Waals surface area (Å²) in [6, 6.07) is 0. The second-order valence-electron chi connectivity index (χ2n) is 8.11. The van der Waals surface area contributed by atoms with Crippen LogP contribution in [-0.2, 0) is 33.4 Å². The molecule has 0 aliphatic heterocycles. The smallest absolute Gasteiger partial charge is 0.303 e. The fraction of sp³-hybridized carbons (Fsp3) is 0.478. The van der Waals surface area contributed by atoms with Gasteiger partial charge in [0.2, 0.25) is 6.10 Å². The number of Topliss-reactive ketones (excluding diaryl/α,β-unsaturated/α-hetero) is 1. The maximum absolute atomic E-state index is 13.4. The number of likely N-dealkylation sites (N-methyl/N-ethyl adjacent to an activating group) is 1. The van der Waals surface area contributed by atoms with Gasteiger partial charge in [0.05, 0.1) is 27.5 Å². The van der Waals surface area contributed by atoms with E-state index in [0.29, 0.717) is 3.57 Å². The molecular formula is C23H27I3N2O11. The Kier molecular flexibility index (Phi) is 14.5. The van der Waals surface area contributed by atoms with E-state index in [2.05, 4.69) is 5.32 Å². The van der Waals surface area contributed by atoms with Gasteiger partial charge in [-0.3, -0.25) is 28.8 Å². The van der Waals surface area contributed by atoms with Crippen LogP contribution in [0, 0.1) is 10.7 Å². The van der Waals surface area contributed by atoms with Crippen molar-refractivity contribution in [1.82, 2.24) is 4.90 Å². The fourth-order valence-electron chi connectivity index (χ4n) is 3.19. The Morgan fingerprint density at radius 3 is 1.87 bits per heavy atom. The number of amides is 2. The molecule has 3 N–H and O–H groups in total. The Bertz CT molecular complexity index is 1160. The van der Waals surface area contributed by atoms with Crippen molar-refractivity contribution in [1.29, 1.82) is 0 Å². The van der Waals surface area contributed by atoms with Gasteiger partial charge in [-0.15, -0.1) is 0 Å². The van der Waals surface area contributed by atoms with Crippen LogP contribution < -0.4 is 5.32 Å². The molecule has 3 atom stereocenters. The normalized spacial score (nSPS) is 13.0. The van der Waals surface area contributed by atoms with Crippen LogP contribution in [0.5, 0.6) is 0 Å². The lowest BCUT2D eigenvalue weighted by molar-refractivity contribution is -0.175. The van der Waals surface area contributed by atoms with E-state index in [9.17, 15) is 33.9 Å². The minimum atomic E-state index is -1.76. The van der Waals surface area contributed by atoms with E-state index in [0.717, 1.165) is 25.7 Å². The summed E-state index contributed by atoms with van der Waals surface area (Å²) >= 11 is 5.48. The van der Waals surface area contributed by atoms with Crippen LogP contribution in [-0.4, -0.2) is 95.7 Å². The predicted molar refractivity (Wildman–Crippen MR) is 161 cm³/mol. The number of rotatable bonds is 12. The molecule has 0 bridgehead atoms. The summed E-state index contributed by atoms with van der Waals surface area (Å²) in [5.74, 6) is -4.47. The van der Waals surface area contributed by atoms with Gasteiger partial charge in [-0.25, -0.2) is 0 Å². The number of carbonyl (C=O) groups excluding carboxylic acids is 6. The third kappa shape index (κ3) is 10.0. The number of carbonyl (C=O) groups is 6. The van der Waals surface area contributed by atoms with Crippen molar-refractivity contribution >= 4 is 109 Å². The summed E-state index contributed by atoms with van der Waals surface area (Å²) in [6.07, 6.45) is -4.47. The molecule has 3 unspecified atom stereocenters. The lowest BCUT2D eigenvalue weighted by Crippen LogP contribution is -2.46. The summed E-state index contributed by atoms with van der Waals surface area (Å²) < 4.78 is 15.9. The van der Waals surface area contributed by atoms with Crippen molar-refractivity contribution in [3.8, 4) is 0 Å². The molecule has 1 rings (SSSR count). The first-order chi connectivity index (χ1) is 18.0. The van der Waals surface area contributed by atoms with E-state index in [1.807, 2.05) is 67.8 Å². The van der Waals surface area contributed by atoms with Gasteiger partial charge in [0.15, 0.2) is 11.9 Å². The van der Waals surface area contributed by atoms with Gasteiger partial charge < -0.3 is 34.6 Å². The van der Waals surface area contributed by atoms with Crippen molar-refractivity contribution in [3.63, 3.8) is 0 Å². The quantitative estimate of drug-likeness (QED) is 0.120. The van der Waals surface area contributed by atoms with E-state index >= 15 is 0 Å². The highest BCUT2D eigenvalue weighted by Crippen LogP contribution is 2.37. The molecule has 39 heavy (non-hydrogen) atoms. The Morgan fingerprint density at radius 2 is 1.41 bits per heavy atom. The van der Waals surface area contributed by atoms with Gasteiger partial charge in [0.25, 0.3) is 11.8 Å². The number of nitrogens with one attached hydrogen (secondary N) is 1. The van der Waals surface area contributed by atoms with E-state index in [-0.39, 0.29) is 30.5 Å². The van der Waals surface area contributed by atoms with Crippen LogP contribution in [0.3, 0.4) is 0 Å². The minimum absolute atomic E-state index is 0.0393. The third-order valence-electron chi connectivity index (χ3n) is 4.83. The zero-order chi connectivity index (χ0) is 30.2. The summed E-state index contributed by atoms with van der Waals surface area (Å²) in [5, 5.41) is 21.5. The van der Waals surface area contributed by atoms with E-state index in [4.69, 9.17) is 19.3 Å². The zero-order valence-corrected chi connectivity index (χ0v) is 28.0. The highest BCUT2D eigenvalue weighted by molar-refractivity contribution is 14.1. The third-order valence-corrected chi connectivity index (χ3v) is 8.07. The number of halogens is 3. The number of aliphatic hydroxyl groups is 2. The highest BCUT2D eigenvalue weighted by atomic mass is 127. The molecule has 0 radical (unpaired) electrons. The van der Waals surface area contributed by atoms with Crippen molar-refractivity contribution in [3.05, 3.63) is 21.8 Å². The molecule has 1 aromatic rings. The highest BCUT2D eigenvalue weighted by Gasteiger charge is 2.37. The fourth-order valence-corrected chi connectivity index (χ4v) is 7.84. The lowest BCUT2D eigenvalue weighted by atomic mass is 10.0. The second-order valence-corrected chi connectivity index (χ2v) is 11.4. The molecule has 0 saturated heterocycles. The maximum atomic E-state index is 13.4. The number of anilines is 1. The molecular weight excluding hydrogens is 861 g/mol. The summed E-state index contributed by atoms with van der Waals surface area (Å²) in [7, 11) is 1.40. The molecule has 1 aromatic carbocycles. The van der Waals surface area contributed by atoms with Crippen molar-refractivity contribution < 1.29 is 53.2 Å². The molecule has 0 saturated carbocycles.